The fraction of sp³-hybridized carbons (Fsp3) is 0.333. The predicted octanol–water partition coefficient (Wildman–Crippen LogP) is 2.61. The van der Waals surface area contributed by atoms with Gasteiger partial charge >= 0.3 is 0 Å². The van der Waals surface area contributed by atoms with Crippen molar-refractivity contribution in [3.05, 3.63) is 34.9 Å². The lowest BCUT2D eigenvalue weighted by atomic mass is 10.8. The van der Waals surface area contributed by atoms with Crippen LogP contribution in [-0.4, -0.2) is 0 Å². The number of hydrogen-bond acceptors (Lipinski definition) is 0. The second-order valence-corrected chi connectivity index (χ2v) is 2.59. The van der Waals surface area contributed by atoms with Crippen LogP contribution in [0.1, 0.15) is 16.7 Å². The van der Waals surface area contributed by atoms with Crippen LogP contribution in [0.15, 0.2) is 18.2 Å². The number of rotatable bonds is 0. The largest absolute Gasteiger partial charge is 0.0590 e. The Morgan fingerprint density at radius 3 is 2.00 bits per heavy atom. The maximum atomic E-state index is 2.20. The fourth-order valence-corrected chi connectivity index (χ4v) is 0.891. The van der Waals surface area contributed by atoms with E-state index in [1.807, 2.05) is 0 Å². The molecule has 0 fully saturated rings. The van der Waals surface area contributed by atoms with E-state index in [1.165, 1.54) is 16.7 Å². The van der Waals surface area contributed by atoms with E-state index >= 15 is 0 Å². The van der Waals surface area contributed by atoms with Crippen LogP contribution < -0.4 is 0 Å². The van der Waals surface area contributed by atoms with Crippen molar-refractivity contribution in [3.8, 4) is 0 Å². The Bertz CT molecular complexity index is 211. The van der Waals surface area contributed by atoms with Gasteiger partial charge in [-0.1, -0.05) is 23.8 Å². The van der Waals surface area contributed by atoms with Gasteiger partial charge in [0.1, 0.15) is 0 Å². The Hall–Kier alpha value is -0.780. The summed E-state index contributed by atoms with van der Waals surface area (Å²) in [5, 5.41) is 0. The molecule has 0 saturated heterocycles. The summed E-state index contributed by atoms with van der Waals surface area (Å²) in [6.07, 6.45) is 0. The molecule has 0 bridgehead atoms. The molecule has 9 heavy (non-hydrogen) atoms. The lowest BCUT2D eigenvalue weighted by molar-refractivity contribution is 1.30. The third-order valence-corrected chi connectivity index (χ3v) is 1.66. The summed E-state index contributed by atoms with van der Waals surface area (Å²) in [6.45, 7) is 6.39. The molecule has 0 saturated carbocycles. The average Bonchev–Trinajstić information content (AvgIpc) is 1.80. The summed E-state index contributed by atoms with van der Waals surface area (Å²) < 4.78 is 0. The first-order chi connectivity index (χ1) is 4.20. The summed E-state index contributed by atoms with van der Waals surface area (Å²) in [4.78, 5) is 0. The van der Waals surface area contributed by atoms with Gasteiger partial charge in [-0.15, -0.1) is 0 Å². The molecular formula is C9H12. The van der Waals surface area contributed by atoms with E-state index in [1.54, 1.807) is 0 Å². The topological polar surface area (TPSA) is 0 Å². The van der Waals surface area contributed by atoms with Crippen LogP contribution in [0.4, 0.5) is 0 Å². The summed E-state index contributed by atoms with van der Waals surface area (Å²) in [5.41, 5.74) is 4.11. The molecule has 0 aliphatic heterocycles. The molecule has 0 aliphatic carbocycles. The minimum absolute atomic E-state index is 1.35. The zero-order valence-electron chi connectivity index (χ0n) is 6.23. The molecule has 0 spiro atoms. The van der Waals surface area contributed by atoms with Gasteiger partial charge in [-0.25, -0.2) is 0 Å². The monoisotopic (exact) mass is 126 g/mol. The van der Waals surface area contributed by atoms with Crippen LogP contribution in [0, 0.1) is 20.8 Å². The van der Waals surface area contributed by atoms with Crippen molar-refractivity contribution < 1.29 is 0 Å². The fourth-order valence-electron chi connectivity index (χ4n) is 0.891. The van der Waals surface area contributed by atoms with Gasteiger partial charge in [-0.2, -0.15) is 0 Å². The van der Waals surface area contributed by atoms with E-state index in [0.29, 0.717) is 0 Å². The maximum absolute atomic E-state index is 2.20. The molecule has 48 valence electrons. The minimum Gasteiger partial charge on any atom is -0.0590 e. The molecule has 0 aromatic heterocycles. The Kier molecular flexibility index (Phi) is 1.56. The highest BCUT2D eigenvalue weighted by Crippen LogP contribution is 2.07. The van der Waals surface area contributed by atoms with Gasteiger partial charge in [0, 0.05) is 0 Å². The molecule has 1 aromatic carbocycles. The summed E-state index contributed by atoms with van der Waals surface area (Å²) in [5.74, 6) is 0. The van der Waals surface area contributed by atoms with Crippen molar-refractivity contribution >= 4 is 0 Å². The standard InChI is InChI=1S/C9H12/c1-7-4-5-8(2)9(3)6-7/h4-6H,1-3H3/i4+1,5+1,6+1,7+1,8+1,9+1. The van der Waals surface area contributed by atoms with Gasteiger partial charge in [0.2, 0.25) is 0 Å². The zero-order valence-corrected chi connectivity index (χ0v) is 6.23. The van der Waals surface area contributed by atoms with E-state index in [9.17, 15) is 0 Å². The van der Waals surface area contributed by atoms with E-state index in [4.69, 9.17) is 0 Å². The van der Waals surface area contributed by atoms with Crippen molar-refractivity contribution in [2.24, 2.45) is 0 Å². The van der Waals surface area contributed by atoms with Crippen LogP contribution >= 0.6 is 0 Å². The lowest BCUT2D eigenvalue weighted by Gasteiger charge is -1.98. The van der Waals surface area contributed by atoms with Crippen molar-refractivity contribution in [2.75, 3.05) is 0 Å². The first-order valence-corrected chi connectivity index (χ1v) is 3.24. The predicted molar refractivity (Wildman–Crippen MR) is 40.7 cm³/mol. The SMILES string of the molecule is C[13c]1[13cH][13cH][13c](C)[13c](C)[13cH]1. The van der Waals surface area contributed by atoms with Crippen LogP contribution in [0.2, 0.25) is 0 Å². The van der Waals surface area contributed by atoms with Gasteiger partial charge in [0.25, 0.3) is 0 Å². The number of benzene rings is 1. The molecule has 1 aromatic rings. The zero-order chi connectivity index (χ0) is 6.85. The lowest BCUT2D eigenvalue weighted by Crippen LogP contribution is -1.79. The highest BCUT2D eigenvalue weighted by molar-refractivity contribution is 5.28. The van der Waals surface area contributed by atoms with Gasteiger partial charge in [-0.3, -0.25) is 0 Å². The third-order valence-electron chi connectivity index (χ3n) is 1.66. The minimum atomic E-state index is 1.35. The Balaban J connectivity index is 3.17. The molecule has 0 heterocycles. The van der Waals surface area contributed by atoms with E-state index < -0.39 is 0 Å². The third kappa shape index (κ3) is 1.32. The second-order valence-electron chi connectivity index (χ2n) is 2.59. The Morgan fingerprint density at radius 1 is 0.889 bits per heavy atom. The normalized spacial score (nSPS) is 9.67. The smallest absolute Gasteiger partial charge is 0.0395 e. The second kappa shape index (κ2) is 2.22. The van der Waals surface area contributed by atoms with Gasteiger partial charge in [0.05, 0.1) is 0 Å². The molecule has 0 aliphatic rings. The van der Waals surface area contributed by atoms with Crippen LogP contribution in [0.3, 0.4) is 0 Å². The number of hydrogen-bond donors (Lipinski definition) is 0. The van der Waals surface area contributed by atoms with Gasteiger partial charge < -0.3 is 0 Å². The van der Waals surface area contributed by atoms with Gasteiger partial charge in [0.15, 0.2) is 0 Å². The van der Waals surface area contributed by atoms with Crippen LogP contribution in [0.25, 0.3) is 0 Å². The van der Waals surface area contributed by atoms with Crippen molar-refractivity contribution in [2.45, 2.75) is 20.8 Å². The highest BCUT2D eigenvalue weighted by atomic mass is 14.8. The Labute approximate surface area is 56.5 Å². The molecule has 0 amide bonds. The molecule has 0 heteroatoms. The average molecular weight is 126 g/mol. The van der Waals surface area contributed by atoms with Crippen molar-refractivity contribution in [1.82, 2.24) is 0 Å². The first-order valence-electron chi connectivity index (χ1n) is 3.24. The molecule has 0 N–H and O–H groups in total. The molecule has 0 unspecified atom stereocenters. The molecular weight excluding hydrogens is 114 g/mol. The molecule has 0 atom stereocenters. The van der Waals surface area contributed by atoms with E-state index in [0.717, 1.165) is 0 Å². The summed E-state index contributed by atoms with van der Waals surface area (Å²) >= 11 is 0. The van der Waals surface area contributed by atoms with Crippen LogP contribution in [0.5, 0.6) is 0 Å². The van der Waals surface area contributed by atoms with E-state index in [2.05, 4.69) is 39.0 Å². The van der Waals surface area contributed by atoms with Gasteiger partial charge in [-0.05, 0) is 31.9 Å². The first kappa shape index (κ1) is 6.34. The Morgan fingerprint density at radius 2 is 1.56 bits per heavy atom. The molecule has 1 rings (SSSR count). The molecule has 0 nitrogen and oxygen atoms in total. The van der Waals surface area contributed by atoms with Crippen LogP contribution in [-0.2, 0) is 0 Å². The highest BCUT2D eigenvalue weighted by Gasteiger charge is 1.89. The van der Waals surface area contributed by atoms with E-state index in [-0.39, 0.29) is 0 Å². The van der Waals surface area contributed by atoms with Crippen molar-refractivity contribution in [1.29, 1.82) is 0 Å². The maximum Gasteiger partial charge on any atom is -0.0395 e. The quantitative estimate of drug-likeness (QED) is 0.501. The number of aryl methyl sites for hydroxylation is 3. The van der Waals surface area contributed by atoms with Crippen molar-refractivity contribution in [3.63, 3.8) is 0 Å². The summed E-state index contributed by atoms with van der Waals surface area (Å²) in [6, 6.07) is 6.50. The summed E-state index contributed by atoms with van der Waals surface area (Å²) in [7, 11) is 0. The molecule has 0 radical (unpaired) electrons.